The second-order valence-electron chi connectivity index (χ2n) is 12.4. The number of aliphatic hydroxyl groups is 3. The van der Waals surface area contributed by atoms with E-state index in [0.29, 0.717) is 29.5 Å². The zero-order chi connectivity index (χ0) is 30.8. The number of carbonyl (C=O) groups is 3. The number of phenolic OH excluding ortho intramolecular Hbond substituents is 1. The summed E-state index contributed by atoms with van der Waals surface area (Å²) in [5.74, 6) is -5.50. The van der Waals surface area contributed by atoms with Crippen LogP contribution in [0.4, 0.5) is 0 Å². The number of amides is 1. The Labute approximate surface area is 248 Å². The molecule has 0 spiro atoms. The van der Waals surface area contributed by atoms with Gasteiger partial charge in [-0.25, -0.2) is 0 Å². The van der Waals surface area contributed by atoms with E-state index in [1.165, 1.54) is 30.2 Å². The average Bonchev–Trinajstić information content (AvgIpc) is 3.43. The summed E-state index contributed by atoms with van der Waals surface area (Å²) in [7, 11) is 3.20. The predicted molar refractivity (Wildman–Crippen MR) is 155 cm³/mol. The Balaban J connectivity index is 1.39. The molecule has 1 amide bonds. The Morgan fingerprint density at radius 2 is 1.81 bits per heavy atom. The average molecular weight is 592 g/mol. The second-order valence-corrected chi connectivity index (χ2v) is 12.4. The number of nitrogens with two attached hydrogens (primary N) is 1. The van der Waals surface area contributed by atoms with Crippen molar-refractivity contribution in [3.05, 3.63) is 63.8 Å². The Bertz CT molecular complexity index is 1580. The molecule has 2 aromatic rings. The zero-order valence-corrected chi connectivity index (χ0v) is 24.2. The lowest BCUT2D eigenvalue weighted by Gasteiger charge is -2.50. The zero-order valence-electron chi connectivity index (χ0n) is 24.2. The Morgan fingerprint density at radius 3 is 2.49 bits per heavy atom. The molecule has 1 saturated carbocycles. The van der Waals surface area contributed by atoms with Gasteiger partial charge in [0.05, 0.1) is 18.2 Å². The second kappa shape index (κ2) is 10.7. The van der Waals surface area contributed by atoms with Crippen molar-refractivity contribution in [1.29, 1.82) is 0 Å². The highest BCUT2D eigenvalue weighted by Crippen LogP contribution is 2.53. The molecule has 4 atom stereocenters. The molecule has 0 aliphatic heterocycles. The van der Waals surface area contributed by atoms with Gasteiger partial charge in [-0.15, -0.1) is 0 Å². The molecular formula is C32H37N3O8. The third-order valence-corrected chi connectivity index (χ3v) is 9.70. The molecule has 1 heterocycles. The van der Waals surface area contributed by atoms with Crippen LogP contribution < -0.4 is 11.1 Å². The first kappa shape index (κ1) is 29.2. The molecule has 6 rings (SSSR count). The number of aliphatic hydroxyl groups excluding tert-OH is 2. The molecule has 11 heteroatoms. The smallest absolute Gasteiger partial charge is 0.255 e. The van der Waals surface area contributed by atoms with Crippen LogP contribution in [0.3, 0.4) is 0 Å². The number of aromatic hydroxyl groups is 1. The van der Waals surface area contributed by atoms with Crippen LogP contribution in [-0.4, -0.2) is 74.6 Å². The van der Waals surface area contributed by atoms with E-state index < -0.39 is 58.0 Å². The van der Waals surface area contributed by atoms with Crippen molar-refractivity contribution in [1.82, 2.24) is 10.2 Å². The lowest BCUT2D eigenvalue weighted by Crippen LogP contribution is -2.63. The molecule has 11 nitrogen and oxygen atoms in total. The minimum atomic E-state index is -2.67. The molecule has 228 valence electrons. The van der Waals surface area contributed by atoms with Crippen molar-refractivity contribution in [3.63, 3.8) is 0 Å². The van der Waals surface area contributed by atoms with E-state index >= 15 is 0 Å². The van der Waals surface area contributed by atoms with Crippen molar-refractivity contribution in [2.45, 2.75) is 69.2 Å². The minimum absolute atomic E-state index is 0.0234. The molecule has 7 N–H and O–H groups in total. The van der Waals surface area contributed by atoms with Gasteiger partial charge in [0, 0.05) is 23.1 Å². The summed E-state index contributed by atoms with van der Waals surface area (Å²) in [6, 6.07) is 6.19. The van der Waals surface area contributed by atoms with Crippen LogP contribution in [0.2, 0.25) is 0 Å². The Morgan fingerprint density at radius 1 is 1.09 bits per heavy atom. The molecule has 1 aromatic carbocycles. The van der Waals surface area contributed by atoms with Crippen LogP contribution in [0.5, 0.6) is 5.75 Å². The number of ketones is 2. The molecule has 43 heavy (non-hydrogen) atoms. The number of carbonyl (C=O) groups excluding carboxylic acids is 3. The number of rotatable bonds is 6. The summed E-state index contributed by atoms with van der Waals surface area (Å²) < 4.78 is 6.18. The number of likely N-dealkylation sites (N-methyl/N-ethyl adjacent to an activating group) is 1. The van der Waals surface area contributed by atoms with Crippen molar-refractivity contribution >= 4 is 17.5 Å². The highest BCUT2D eigenvalue weighted by atomic mass is 16.4. The summed E-state index contributed by atoms with van der Waals surface area (Å²) in [6.45, 7) is 0.567. The molecule has 1 aromatic heterocycles. The molecule has 0 unspecified atom stereocenters. The lowest BCUT2D eigenvalue weighted by atomic mass is 9.58. The lowest BCUT2D eigenvalue weighted by molar-refractivity contribution is -0.148. The number of phenols is 1. The summed E-state index contributed by atoms with van der Waals surface area (Å²) in [5, 5.41) is 48.5. The van der Waals surface area contributed by atoms with Crippen LogP contribution in [0.15, 0.2) is 51.3 Å². The quantitative estimate of drug-likeness (QED) is 0.273. The first-order valence-electron chi connectivity index (χ1n) is 14.8. The number of hydrogen-bond donors (Lipinski definition) is 6. The molecule has 0 radical (unpaired) electrons. The summed E-state index contributed by atoms with van der Waals surface area (Å²) in [5.41, 5.74) is 2.81. The maximum atomic E-state index is 14.0. The van der Waals surface area contributed by atoms with Crippen LogP contribution in [-0.2, 0) is 22.6 Å². The largest absolute Gasteiger partial charge is 0.510 e. The van der Waals surface area contributed by atoms with E-state index in [9.17, 15) is 34.8 Å². The van der Waals surface area contributed by atoms with Crippen molar-refractivity contribution in [2.24, 2.45) is 17.6 Å². The van der Waals surface area contributed by atoms with Gasteiger partial charge in [0.25, 0.3) is 5.91 Å². The van der Waals surface area contributed by atoms with Crippen molar-refractivity contribution in [3.8, 4) is 17.1 Å². The summed E-state index contributed by atoms with van der Waals surface area (Å²) in [4.78, 5) is 41.1. The monoisotopic (exact) mass is 591 g/mol. The molecule has 0 bridgehead atoms. The number of benzene rings is 1. The highest BCUT2D eigenvalue weighted by Gasteiger charge is 2.63. The van der Waals surface area contributed by atoms with E-state index in [2.05, 4.69) is 5.32 Å². The standard InChI is InChI=1S/C32H37N3O8/c1-35(2)26-20-13-15-12-19-18(22-11-8-17(43-22)14-34-16-6-4-3-5-7-16)9-10-21(36)24(19)27(37)23(15)29(39)32(20,42)30(40)25(28(26)38)31(33)41/h8-11,15-16,20,26,34,36,38-39,42H,3-7,12-14H2,1-2H3,(H2,33,41)/t15-,20-,26+,32+/m1/s1. The highest BCUT2D eigenvalue weighted by molar-refractivity contribution is 6.24. The Kier molecular flexibility index (Phi) is 7.22. The molecule has 4 aliphatic carbocycles. The van der Waals surface area contributed by atoms with Gasteiger partial charge in [-0.05, 0) is 75.5 Å². The number of fused-ring (bicyclic) bond motifs is 3. The maximum absolute atomic E-state index is 14.0. The fourth-order valence-electron chi connectivity index (χ4n) is 7.65. The van der Waals surface area contributed by atoms with E-state index in [1.807, 2.05) is 12.1 Å². The molecule has 0 saturated heterocycles. The van der Waals surface area contributed by atoms with E-state index in [0.717, 1.165) is 18.6 Å². The van der Waals surface area contributed by atoms with Gasteiger partial charge in [0.15, 0.2) is 11.4 Å². The topological polar surface area (TPSA) is 187 Å². The third-order valence-electron chi connectivity index (χ3n) is 9.70. The van der Waals surface area contributed by atoms with E-state index in [-0.39, 0.29) is 29.7 Å². The van der Waals surface area contributed by atoms with Crippen LogP contribution in [0, 0.1) is 11.8 Å². The summed E-state index contributed by atoms with van der Waals surface area (Å²) in [6.07, 6.45) is 6.18. The van der Waals surface area contributed by atoms with Gasteiger partial charge in [0.2, 0.25) is 5.78 Å². The van der Waals surface area contributed by atoms with Crippen LogP contribution in [0.25, 0.3) is 11.3 Å². The SMILES string of the molecule is CN(C)[C@@H]1C(O)=C(C(N)=O)C(=O)[C@@]2(O)C(O)=C3C(=O)c4c(O)ccc(-c5ccc(CNC6CCCCC6)o5)c4C[C@@H]3C[C@H]12. The van der Waals surface area contributed by atoms with Gasteiger partial charge >= 0.3 is 0 Å². The van der Waals surface area contributed by atoms with E-state index in [1.54, 1.807) is 20.2 Å². The number of furan rings is 1. The van der Waals surface area contributed by atoms with Gasteiger partial charge in [-0.3, -0.25) is 19.3 Å². The van der Waals surface area contributed by atoms with E-state index in [4.69, 9.17) is 10.2 Å². The fraction of sp³-hybridized carbons (Fsp3) is 0.469. The minimum Gasteiger partial charge on any atom is -0.510 e. The van der Waals surface area contributed by atoms with Crippen LogP contribution in [0.1, 0.15) is 60.2 Å². The van der Waals surface area contributed by atoms with Gasteiger partial charge in [0.1, 0.15) is 34.4 Å². The number of nitrogens with zero attached hydrogens (tertiary/aromatic N) is 1. The number of Topliss-reactive ketones (excluding diaryl/α,β-unsaturated/α-hetero) is 2. The summed E-state index contributed by atoms with van der Waals surface area (Å²) >= 11 is 0. The predicted octanol–water partition coefficient (Wildman–Crippen LogP) is 2.80. The Hall–Kier alpha value is -3.93. The van der Waals surface area contributed by atoms with Gasteiger partial charge in [-0.1, -0.05) is 19.3 Å². The van der Waals surface area contributed by atoms with Gasteiger partial charge in [-0.2, -0.15) is 0 Å². The first-order valence-corrected chi connectivity index (χ1v) is 14.8. The number of primary amides is 1. The van der Waals surface area contributed by atoms with Gasteiger partial charge < -0.3 is 35.9 Å². The first-order chi connectivity index (χ1) is 20.4. The van der Waals surface area contributed by atoms with Crippen LogP contribution >= 0.6 is 0 Å². The molecular weight excluding hydrogens is 554 g/mol. The maximum Gasteiger partial charge on any atom is 0.255 e. The normalized spacial score (nSPS) is 27.8. The van der Waals surface area contributed by atoms with Crippen molar-refractivity contribution < 1.29 is 39.2 Å². The molecule has 4 aliphatic rings. The van der Waals surface area contributed by atoms with Crippen molar-refractivity contribution in [2.75, 3.05) is 14.1 Å². The molecule has 1 fully saturated rings. The third kappa shape index (κ3) is 4.49. The fourth-order valence-corrected chi connectivity index (χ4v) is 7.65. The number of hydrogen-bond acceptors (Lipinski definition) is 10. The number of allylic oxidation sites excluding steroid dienone is 1. The number of nitrogens with one attached hydrogen (secondary N) is 1.